The zero-order valence-electron chi connectivity index (χ0n) is 6.60. The minimum atomic E-state index is -2.50. The van der Waals surface area contributed by atoms with Crippen LogP contribution in [-0.4, -0.2) is 22.6 Å². The lowest BCUT2D eigenvalue weighted by Crippen LogP contribution is -1.94. The van der Waals surface area contributed by atoms with E-state index in [0.717, 1.165) is 0 Å². The zero-order valence-corrected chi connectivity index (χ0v) is 7.50. The molecule has 0 aromatic rings. The van der Waals surface area contributed by atoms with Gasteiger partial charge in [0.25, 0.3) is 0 Å². The fourth-order valence-corrected chi connectivity index (χ4v) is 0.983. The molecule has 0 amide bonds. The van der Waals surface area contributed by atoms with Crippen molar-refractivity contribution >= 4 is 14.2 Å². The van der Waals surface area contributed by atoms with Crippen LogP contribution in [0.15, 0.2) is 0 Å². The first-order valence-corrected chi connectivity index (χ1v) is 4.77. The van der Waals surface area contributed by atoms with E-state index in [0.29, 0.717) is 19.3 Å². The number of carboxylic acids is 1. The summed E-state index contributed by atoms with van der Waals surface area (Å²) in [4.78, 5) is 18.2. The number of unbranched alkanes of at least 4 members (excludes halogenated alkanes) is 2. The van der Waals surface area contributed by atoms with E-state index in [-0.39, 0.29) is 13.0 Å². The van der Waals surface area contributed by atoms with Gasteiger partial charge in [-0.1, -0.05) is 6.42 Å². The first-order chi connectivity index (χ1) is 5.63. The molecule has 0 aromatic heterocycles. The molecular formula is C6H12O5P+. The van der Waals surface area contributed by atoms with Crippen molar-refractivity contribution < 1.29 is 23.9 Å². The molecule has 0 saturated heterocycles. The van der Waals surface area contributed by atoms with Crippen molar-refractivity contribution in [1.29, 1.82) is 0 Å². The minimum Gasteiger partial charge on any atom is -0.481 e. The van der Waals surface area contributed by atoms with Gasteiger partial charge in [-0.3, -0.25) is 4.79 Å². The zero-order chi connectivity index (χ0) is 9.40. The molecule has 0 fully saturated rings. The molecule has 1 atom stereocenters. The van der Waals surface area contributed by atoms with E-state index < -0.39 is 14.2 Å². The van der Waals surface area contributed by atoms with Gasteiger partial charge in [-0.2, -0.15) is 0 Å². The molecule has 0 saturated carbocycles. The number of rotatable bonds is 7. The Morgan fingerprint density at radius 2 is 2.00 bits per heavy atom. The van der Waals surface area contributed by atoms with E-state index >= 15 is 0 Å². The maximum absolute atomic E-state index is 10.0. The molecule has 0 bridgehead atoms. The Balaban J connectivity index is 3.01. The number of hydrogen-bond acceptors (Lipinski definition) is 3. The van der Waals surface area contributed by atoms with Crippen molar-refractivity contribution in [3.05, 3.63) is 0 Å². The normalized spacial score (nSPS) is 11.2. The van der Waals surface area contributed by atoms with Crippen molar-refractivity contribution in [1.82, 2.24) is 0 Å². The molecule has 0 aliphatic rings. The summed E-state index contributed by atoms with van der Waals surface area (Å²) in [6, 6.07) is 0. The Kier molecular flexibility index (Phi) is 6.85. The van der Waals surface area contributed by atoms with Crippen LogP contribution in [0.1, 0.15) is 25.7 Å². The molecule has 12 heavy (non-hydrogen) atoms. The molecule has 0 heterocycles. The highest BCUT2D eigenvalue weighted by Gasteiger charge is 2.10. The third kappa shape index (κ3) is 9.49. The van der Waals surface area contributed by atoms with Crippen molar-refractivity contribution in [3.63, 3.8) is 0 Å². The molecule has 70 valence electrons. The molecule has 6 heteroatoms. The van der Waals surface area contributed by atoms with Crippen molar-refractivity contribution in [2.45, 2.75) is 25.7 Å². The Bertz CT molecular complexity index is 140. The van der Waals surface area contributed by atoms with Gasteiger partial charge in [-0.25, -0.2) is 0 Å². The van der Waals surface area contributed by atoms with E-state index in [9.17, 15) is 9.36 Å². The maximum atomic E-state index is 10.0. The van der Waals surface area contributed by atoms with Crippen LogP contribution in [0.25, 0.3) is 0 Å². The van der Waals surface area contributed by atoms with Crippen LogP contribution in [0.2, 0.25) is 0 Å². The predicted octanol–water partition coefficient (Wildman–Crippen LogP) is 1.30. The Labute approximate surface area is 71.3 Å². The smallest absolute Gasteiger partial charge is 0.481 e. The van der Waals surface area contributed by atoms with Crippen LogP contribution in [-0.2, 0) is 13.9 Å². The van der Waals surface area contributed by atoms with Gasteiger partial charge in [0.1, 0.15) is 6.61 Å². The van der Waals surface area contributed by atoms with Crippen LogP contribution >= 0.6 is 8.25 Å². The fourth-order valence-electron chi connectivity index (χ4n) is 0.698. The summed E-state index contributed by atoms with van der Waals surface area (Å²) >= 11 is 0. The highest BCUT2D eigenvalue weighted by atomic mass is 31.1. The quantitative estimate of drug-likeness (QED) is 0.472. The largest absolute Gasteiger partial charge is 0.694 e. The van der Waals surface area contributed by atoms with Crippen LogP contribution in [0.3, 0.4) is 0 Å². The van der Waals surface area contributed by atoms with Crippen molar-refractivity contribution in [2.75, 3.05) is 6.61 Å². The fraction of sp³-hybridized carbons (Fsp3) is 0.833. The van der Waals surface area contributed by atoms with E-state index in [1.165, 1.54) is 0 Å². The third-order valence-corrected chi connectivity index (χ3v) is 1.64. The predicted molar refractivity (Wildman–Crippen MR) is 41.9 cm³/mol. The first-order valence-electron chi connectivity index (χ1n) is 3.64. The summed E-state index contributed by atoms with van der Waals surface area (Å²) in [5.41, 5.74) is 0. The molecule has 0 aliphatic carbocycles. The second-order valence-electron chi connectivity index (χ2n) is 2.28. The number of aliphatic carboxylic acids is 1. The van der Waals surface area contributed by atoms with Gasteiger partial charge in [0.05, 0.1) is 0 Å². The van der Waals surface area contributed by atoms with E-state index in [2.05, 4.69) is 4.52 Å². The van der Waals surface area contributed by atoms with Crippen LogP contribution < -0.4 is 0 Å². The molecular weight excluding hydrogens is 183 g/mol. The number of hydrogen-bond donors (Lipinski definition) is 2. The lowest BCUT2D eigenvalue weighted by atomic mass is 10.2. The Morgan fingerprint density at radius 3 is 2.50 bits per heavy atom. The number of carboxylic acid groups (broad SMARTS) is 1. The SMILES string of the molecule is O=C(O)CCCCCO[P+](=O)O. The topological polar surface area (TPSA) is 83.8 Å². The summed E-state index contributed by atoms with van der Waals surface area (Å²) in [6.45, 7) is 0.214. The monoisotopic (exact) mass is 195 g/mol. The van der Waals surface area contributed by atoms with E-state index in [4.69, 9.17) is 10.00 Å². The number of carbonyl (C=O) groups is 1. The minimum absolute atomic E-state index is 0.144. The molecule has 0 rings (SSSR count). The van der Waals surface area contributed by atoms with Crippen LogP contribution in [0.5, 0.6) is 0 Å². The molecule has 2 N–H and O–H groups in total. The van der Waals surface area contributed by atoms with Gasteiger partial charge in [0, 0.05) is 11.0 Å². The summed E-state index contributed by atoms with van der Waals surface area (Å²) in [6.07, 6.45) is 2.05. The molecule has 0 aromatic carbocycles. The average Bonchev–Trinajstić information content (AvgIpc) is 1.95. The summed E-state index contributed by atoms with van der Waals surface area (Å²) in [5, 5.41) is 8.24. The molecule has 0 radical (unpaired) electrons. The highest BCUT2D eigenvalue weighted by Crippen LogP contribution is 2.15. The highest BCUT2D eigenvalue weighted by molar-refractivity contribution is 7.32. The van der Waals surface area contributed by atoms with Gasteiger partial charge in [0.2, 0.25) is 0 Å². The maximum Gasteiger partial charge on any atom is 0.694 e. The second kappa shape index (κ2) is 7.16. The van der Waals surface area contributed by atoms with E-state index in [1.807, 2.05) is 0 Å². The standard InChI is InChI=1S/C6H11O5P/c7-6(8)4-2-1-3-5-11-12(9)10/h1-5H2,(H-,7,8,9,10)/p+1. The lowest BCUT2D eigenvalue weighted by Gasteiger charge is -1.93. The molecule has 0 spiro atoms. The molecule has 1 unspecified atom stereocenters. The van der Waals surface area contributed by atoms with E-state index in [1.54, 1.807) is 0 Å². The summed E-state index contributed by atoms with van der Waals surface area (Å²) in [5.74, 6) is -0.816. The Morgan fingerprint density at radius 1 is 1.33 bits per heavy atom. The van der Waals surface area contributed by atoms with Gasteiger partial charge in [-0.05, 0) is 12.8 Å². The average molecular weight is 195 g/mol. The molecule has 0 aliphatic heterocycles. The molecule has 5 nitrogen and oxygen atoms in total. The summed E-state index contributed by atoms with van der Waals surface area (Å²) in [7, 11) is -2.50. The van der Waals surface area contributed by atoms with Gasteiger partial charge >= 0.3 is 14.2 Å². The third-order valence-electron chi connectivity index (χ3n) is 1.24. The Hall–Kier alpha value is -0.510. The summed E-state index contributed by atoms with van der Waals surface area (Å²) < 4.78 is 14.3. The second-order valence-corrected chi connectivity index (χ2v) is 3.01. The van der Waals surface area contributed by atoms with Gasteiger partial charge in [-0.15, -0.1) is 9.42 Å². The lowest BCUT2D eigenvalue weighted by molar-refractivity contribution is -0.137. The first kappa shape index (κ1) is 11.5. The van der Waals surface area contributed by atoms with Crippen LogP contribution in [0.4, 0.5) is 0 Å². The van der Waals surface area contributed by atoms with Crippen LogP contribution in [0, 0.1) is 0 Å². The van der Waals surface area contributed by atoms with Crippen molar-refractivity contribution in [2.24, 2.45) is 0 Å². The van der Waals surface area contributed by atoms with Gasteiger partial charge in [0.15, 0.2) is 0 Å². The van der Waals surface area contributed by atoms with Gasteiger partial charge < -0.3 is 5.11 Å². The van der Waals surface area contributed by atoms with Crippen molar-refractivity contribution in [3.8, 4) is 0 Å².